The van der Waals surface area contributed by atoms with Crippen molar-refractivity contribution in [2.75, 3.05) is 10.6 Å². The van der Waals surface area contributed by atoms with Crippen LogP contribution in [-0.2, 0) is 11.3 Å². The highest BCUT2D eigenvalue weighted by Crippen LogP contribution is 2.14. The Hall–Kier alpha value is -4.26. The van der Waals surface area contributed by atoms with E-state index in [2.05, 4.69) is 15.6 Å². The highest BCUT2D eigenvalue weighted by molar-refractivity contribution is 6.05. The third-order valence-electron chi connectivity index (χ3n) is 4.99. The van der Waals surface area contributed by atoms with Gasteiger partial charge >= 0.3 is 0 Å². The fourth-order valence-corrected chi connectivity index (χ4v) is 3.35. The van der Waals surface area contributed by atoms with Gasteiger partial charge in [0.25, 0.3) is 5.91 Å². The molecule has 2 aromatic heterocycles. The lowest BCUT2D eigenvalue weighted by atomic mass is 10.1. The summed E-state index contributed by atoms with van der Waals surface area (Å²) in [5, 5.41) is 5.84. The zero-order valence-corrected chi connectivity index (χ0v) is 17.8. The van der Waals surface area contributed by atoms with E-state index in [4.69, 9.17) is 0 Å². The molecule has 0 spiro atoms. The number of aryl methyl sites for hydroxylation is 2. The average Bonchev–Trinajstić information content (AvgIpc) is 2.78. The molecule has 0 saturated heterocycles. The molecule has 32 heavy (non-hydrogen) atoms. The van der Waals surface area contributed by atoms with Crippen LogP contribution in [0.5, 0.6) is 0 Å². The Morgan fingerprint density at radius 1 is 0.875 bits per heavy atom. The van der Waals surface area contributed by atoms with Crippen molar-refractivity contribution in [2.45, 2.75) is 20.4 Å². The summed E-state index contributed by atoms with van der Waals surface area (Å²) in [4.78, 5) is 43.0. The number of nitrogens with one attached hydrogen (secondary N) is 2. The molecule has 160 valence electrons. The van der Waals surface area contributed by atoms with Crippen LogP contribution in [0.4, 0.5) is 11.4 Å². The van der Waals surface area contributed by atoms with Gasteiger partial charge in [-0.15, -0.1) is 0 Å². The first-order valence-electron chi connectivity index (χ1n) is 10.1. The SMILES string of the molecule is Cc1ccc(NC(=O)Cn2cc(C(=O)Nc3ccccc3)c(=O)c3ccc(C)nc32)cc1. The van der Waals surface area contributed by atoms with Gasteiger partial charge in [-0.2, -0.15) is 0 Å². The van der Waals surface area contributed by atoms with Crippen molar-refractivity contribution in [1.82, 2.24) is 9.55 Å². The molecule has 0 aliphatic rings. The molecule has 0 radical (unpaired) electrons. The summed E-state index contributed by atoms with van der Waals surface area (Å²) in [6.07, 6.45) is 1.39. The van der Waals surface area contributed by atoms with E-state index in [1.165, 1.54) is 10.8 Å². The van der Waals surface area contributed by atoms with Crippen LogP contribution in [0.25, 0.3) is 11.0 Å². The molecular weight excluding hydrogens is 404 g/mol. The minimum atomic E-state index is -0.545. The summed E-state index contributed by atoms with van der Waals surface area (Å²) in [5.41, 5.74) is 2.88. The largest absolute Gasteiger partial charge is 0.325 e. The minimum absolute atomic E-state index is 0.0601. The number of carbonyl (C=O) groups excluding carboxylic acids is 2. The van der Waals surface area contributed by atoms with Crippen LogP contribution in [0, 0.1) is 13.8 Å². The Bertz CT molecular complexity index is 1360. The summed E-state index contributed by atoms with van der Waals surface area (Å²) in [7, 11) is 0. The van der Waals surface area contributed by atoms with Gasteiger partial charge in [-0.1, -0.05) is 35.9 Å². The molecule has 2 heterocycles. The minimum Gasteiger partial charge on any atom is -0.325 e. The molecule has 0 bridgehead atoms. The topological polar surface area (TPSA) is 93.1 Å². The summed E-state index contributed by atoms with van der Waals surface area (Å²) in [5.74, 6) is -0.840. The lowest BCUT2D eigenvalue weighted by Gasteiger charge is -2.14. The zero-order chi connectivity index (χ0) is 22.7. The molecule has 7 heteroatoms. The number of nitrogens with zero attached hydrogens (tertiary/aromatic N) is 2. The van der Waals surface area contributed by atoms with Gasteiger partial charge in [-0.25, -0.2) is 4.98 Å². The normalized spacial score (nSPS) is 10.7. The molecule has 0 aliphatic heterocycles. The third-order valence-corrected chi connectivity index (χ3v) is 4.99. The van der Waals surface area contributed by atoms with Crippen molar-refractivity contribution in [3.8, 4) is 0 Å². The second-order valence-corrected chi connectivity index (χ2v) is 7.56. The second kappa shape index (κ2) is 8.85. The van der Waals surface area contributed by atoms with Crippen molar-refractivity contribution in [3.63, 3.8) is 0 Å². The zero-order valence-electron chi connectivity index (χ0n) is 17.8. The molecule has 0 atom stereocenters. The van der Waals surface area contributed by atoms with Gasteiger partial charge in [0.2, 0.25) is 11.3 Å². The summed E-state index contributed by atoms with van der Waals surface area (Å²) in [6.45, 7) is 3.66. The van der Waals surface area contributed by atoms with E-state index in [0.717, 1.165) is 5.56 Å². The number of hydrogen-bond donors (Lipinski definition) is 2. The summed E-state index contributed by atoms with van der Waals surface area (Å²) < 4.78 is 1.53. The standard InChI is InChI=1S/C25H22N4O3/c1-16-8-11-19(12-9-16)27-22(30)15-29-14-21(25(32)28-18-6-4-3-5-7-18)23(31)20-13-10-17(2)26-24(20)29/h3-14H,15H2,1-2H3,(H,27,30)(H,28,32). The van der Waals surface area contributed by atoms with E-state index in [-0.39, 0.29) is 23.4 Å². The highest BCUT2D eigenvalue weighted by atomic mass is 16.2. The van der Waals surface area contributed by atoms with E-state index in [0.29, 0.717) is 22.7 Å². The van der Waals surface area contributed by atoms with Crippen LogP contribution in [0.3, 0.4) is 0 Å². The Morgan fingerprint density at radius 3 is 2.28 bits per heavy atom. The van der Waals surface area contributed by atoms with Gasteiger partial charge in [-0.05, 0) is 50.2 Å². The number of para-hydroxylation sites is 1. The Balaban J connectivity index is 1.70. The lowest BCUT2D eigenvalue weighted by Crippen LogP contribution is -2.27. The van der Waals surface area contributed by atoms with Gasteiger partial charge < -0.3 is 15.2 Å². The quantitative estimate of drug-likeness (QED) is 0.506. The molecule has 0 unspecified atom stereocenters. The van der Waals surface area contributed by atoms with E-state index < -0.39 is 11.3 Å². The highest BCUT2D eigenvalue weighted by Gasteiger charge is 2.18. The van der Waals surface area contributed by atoms with Gasteiger partial charge in [0.05, 0.1) is 5.39 Å². The predicted molar refractivity (Wildman–Crippen MR) is 125 cm³/mol. The molecule has 7 nitrogen and oxygen atoms in total. The molecule has 4 rings (SSSR count). The number of hydrogen-bond acceptors (Lipinski definition) is 4. The van der Waals surface area contributed by atoms with E-state index in [1.54, 1.807) is 43.3 Å². The summed E-state index contributed by atoms with van der Waals surface area (Å²) in [6, 6.07) is 19.7. The first kappa shape index (κ1) is 21.0. The Labute approximate surface area is 184 Å². The van der Waals surface area contributed by atoms with Crippen LogP contribution in [0.1, 0.15) is 21.6 Å². The second-order valence-electron chi connectivity index (χ2n) is 7.56. The first-order chi connectivity index (χ1) is 15.4. The van der Waals surface area contributed by atoms with Gasteiger partial charge in [0.15, 0.2) is 0 Å². The number of anilines is 2. The predicted octanol–water partition coefficient (Wildman–Crippen LogP) is 3.90. The molecule has 0 aliphatic carbocycles. The van der Waals surface area contributed by atoms with E-state index in [9.17, 15) is 14.4 Å². The molecule has 0 fully saturated rings. The van der Waals surface area contributed by atoms with Crippen molar-refractivity contribution >= 4 is 34.2 Å². The molecule has 2 amide bonds. The monoisotopic (exact) mass is 426 g/mol. The van der Waals surface area contributed by atoms with Gasteiger partial charge in [0.1, 0.15) is 17.8 Å². The van der Waals surface area contributed by atoms with Gasteiger partial charge in [-0.3, -0.25) is 14.4 Å². The lowest BCUT2D eigenvalue weighted by molar-refractivity contribution is -0.116. The fraction of sp³-hybridized carbons (Fsp3) is 0.120. The van der Waals surface area contributed by atoms with Crippen molar-refractivity contribution in [3.05, 3.63) is 100.0 Å². The number of aromatic nitrogens is 2. The van der Waals surface area contributed by atoms with Crippen LogP contribution in [0.2, 0.25) is 0 Å². The fourth-order valence-electron chi connectivity index (χ4n) is 3.35. The molecular formula is C25H22N4O3. The maximum atomic E-state index is 13.0. The number of carbonyl (C=O) groups is 2. The number of benzene rings is 2. The maximum Gasteiger partial charge on any atom is 0.261 e. The summed E-state index contributed by atoms with van der Waals surface area (Å²) >= 11 is 0. The third kappa shape index (κ3) is 4.57. The van der Waals surface area contributed by atoms with E-state index in [1.807, 2.05) is 37.3 Å². The van der Waals surface area contributed by atoms with Crippen LogP contribution >= 0.6 is 0 Å². The Morgan fingerprint density at radius 2 is 1.56 bits per heavy atom. The van der Waals surface area contributed by atoms with Crippen LogP contribution in [0.15, 0.2) is 77.7 Å². The maximum absolute atomic E-state index is 13.0. The van der Waals surface area contributed by atoms with Gasteiger partial charge in [0, 0.05) is 23.3 Å². The molecule has 2 N–H and O–H groups in total. The number of amides is 2. The molecule has 2 aromatic carbocycles. The van der Waals surface area contributed by atoms with Crippen molar-refractivity contribution in [1.29, 1.82) is 0 Å². The van der Waals surface area contributed by atoms with Crippen molar-refractivity contribution < 1.29 is 9.59 Å². The smallest absolute Gasteiger partial charge is 0.261 e. The number of fused-ring (bicyclic) bond motifs is 1. The van der Waals surface area contributed by atoms with Crippen molar-refractivity contribution in [2.24, 2.45) is 0 Å². The average molecular weight is 426 g/mol. The number of pyridine rings is 2. The molecule has 0 saturated carbocycles. The molecule has 4 aromatic rings. The number of rotatable bonds is 5. The van der Waals surface area contributed by atoms with Crippen LogP contribution < -0.4 is 16.1 Å². The van der Waals surface area contributed by atoms with Crippen LogP contribution in [-0.4, -0.2) is 21.4 Å². The van der Waals surface area contributed by atoms with E-state index >= 15 is 0 Å². The first-order valence-corrected chi connectivity index (χ1v) is 10.1. The Kier molecular flexibility index (Phi) is 5.81.